The molecule has 0 aromatic heterocycles. The molecule has 22 nitrogen and oxygen atoms in total. The maximum Gasteiger partial charge on any atom is 3.00 e. The van der Waals surface area contributed by atoms with E-state index in [2.05, 4.69) is 29.4 Å². The second-order valence-corrected chi connectivity index (χ2v) is 25.3. The molecular formula is C68H88Cl5N6Ni2O16Tm. The summed E-state index contributed by atoms with van der Waals surface area (Å²) in [5.41, 5.74) is 10.0. The van der Waals surface area contributed by atoms with Crippen LogP contribution in [0.5, 0.6) is 69.0 Å². The van der Waals surface area contributed by atoms with E-state index in [4.69, 9.17) is 93.5 Å². The van der Waals surface area contributed by atoms with E-state index in [1.54, 1.807) is 36.4 Å². The van der Waals surface area contributed by atoms with Gasteiger partial charge in [0.25, 0.3) is 0 Å². The van der Waals surface area contributed by atoms with Gasteiger partial charge in [-0.15, -0.1) is 56.6 Å². The molecule has 0 spiro atoms. The number of alkyl halides is 4. The van der Waals surface area contributed by atoms with Crippen LogP contribution in [-0.4, -0.2) is 161 Å². The van der Waals surface area contributed by atoms with Crippen molar-refractivity contribution in [2.24, 2.45) is 0 Å². The van der Waals surface area contributed by atoms with Gasteiger partial charge in [-0.25, -0.2) is 18.6 Å². The minimum absolute atomic E-state index is 0. The Bertz CT molecular complexity index is 2800. The summed E-state index contributed by atoms with van der Waals surface area (Å²) >= 11 is 19.1. The Morgan fingerprint density at radius 3 is 0.480 bits per heavy atom. The first-order chi connectivity index (χ1) is 45.0. The minimum atomic E-state index is -4.94. The van der Waals surface area contributed by atoms with Gasteiger partial charge in [-0.05, 0) is 145 Å². The smallest absolute Gasteiger partial charge is 0.870 e. The van der Waals surface area contributed by atoms with Crippen LogP contribution in [0.3, 0.4) is 0 Å². The van der Waals surface area contributed by atoms with Gasteiger partial charge < -0.3 is 59.1 Å². The zero-order valence-corrected chi connectivity index (χ0v) is 64.6. The summed E-state index contributed by atoms with van der Waals surface area (Å²) in [6.07, 6.45) is 0. The Morgan fingerprint density at radius 1 is 0.286 bits per heavy atom. The summed E-state index contributed by atoms with van der Waals surface area (Å²) in [5.74, 6) is 1.54. The van der Waals surface area contributed by atoms with Crippen molar-refractivity contribution in [3.05, 3.63) is 140 Å². The molecule has 2 aliphatic rings. The maximum absolute atomic E-state index is 13.1. The molecule has 0 saturated carbocycles. The van der Waals surface area contributed by atoms with E-state index in [0.29, 0.717) is 186 Å². The quantitative estimate of drug-likeness (QED) is 0.0879. The van der Waals surface area contributed by atoms with Crippen molar-refractivity contribution in [3.8, 4) is 69.0 Å². The van der Waals surface area contributed by atoms with E-state index in [-0.39, 0.29) is 115 Å². The van der Waals surface area contributed by atoms with Gasteiger partial charge in [-0.3, -0.25) is 29.4 Å². The zero-order chi connectivity index (χ0) is 70.7. The monoisotopic (exact) mass is 1700 g/mol. The van der Waals surface area contributed by atoms with E-state index in [1.165, 1.54) is 42.7 Å². The normalized spacial score (nSPS) is 14.3. The van der Waals surface area contributed by atoms with Crippen molar-refractivity contribution in [1.82, 2.24) is 29.4 Å². The fraction of sp³-hybridized carbons (Fsp3) is 0.471. The van der Waals surface area contributed by atoms with Crippen LogP contribution in [0.4, 0.5) is 0 Å². The van der Waals surface area contributed by atoms with Crippen molar-refractivity contribution in [2.75, 3.05) is 132 Å². The van der Waals surface area contributed by atoms with E-state index in [9.17, 15) is 30.6 Å². The number of aryl methyl sites for hydroxylation is 6. The number of hydrogen-bond donors (Lipinski definition) is 0. The molecular weight excluding hydrogens is 1620 g/mol. The van der Waals surface area contributed by atoms with Gasteiger partial charge in [0.1, 0.15) is 34.5 Å². The van der Waals surface area contributed by atoms with E-state index in [1.807, 2.05) is 77.9 Å². The van der Waals surface area contributed by atoms with Crippen molar-refractivity contribution in [1.29, 1.82) is 0 Å². The fourth-order valence-corrected chi connectivity index (χ4v) is 11.3. The first kappa shape index (κ1) is 92.2. The Morgan fingerprint density at radius 2 is 0.388 bits per heavy atom. The number of halogens is 5. The maximum atomic E-state index is 13.1. The third-order valence-electron chi connectivity index (χ3n) is 15.7. The van der Waals surface area contributed by atoms with Crippen LogP contribution in [0.15, 0.2) is 72.8 Å². The molecule has 8 rings (SSSR count). The number of ether oxygens (including phenoxy) is 6. The van der Waals surface area contributed by atoms with Crippen molar-refractivity contribution in [3.63, 3.8) is 0 Å². The van der Waals surface area contributed by atoms with Gasteiger partial charge in [-0.2, -0.15) is 0 Å². The molecule has 2 fully saturated rings. The summed E-state index contributed by atoms with van der Waals surface area (Å²) in [6, 6.07) is 22.2. The van der Waals surface area contributed by atoms with Gasteiger partial charge in [0.05, 0.1) is 53.3 Å². The molecule has 2 saturated heterocycles. The first-order valence-electron chi connectivity index (χ1n) is 30.3. The van der Waals surface area contributed by atoms with Crippen LogP contribution in [0.25, 0.3) is 0 Å². The summed E-state index contributed by atoms with van der Waals surface area (Å²) in [6.45, 7) is 23.2. The molecule has 2 aliphatic heterocycles. The molecule has 6 aromatic rings. The standard InChI is InChI=1S/2C33H45N3O6.2CH2Cl2.ClHO4.2Ni.Tm/c2*1-22-13-25(31(37)28(16-22)40-4)19-34-7-9-35(20-26-14-23(2)17-29(41-5)32(26)38)11-12-36(10-8-34)21-27-15-24(3)18-30(42-6)33(27)39;2*2-1-3;2-1(3,4)5;;;/h2*13-18,37-39H,7-12,19-21H2,1-6H3;2*1H2;(H,2,3,4,5);;;/q;;;;;2*+2;+3/p-7. The van der Waals surface area contributed by atoms with Gasteiger partial charge in [0.2, 0.25) is 0 Å². The summed E-state index contributed by atoms with van der Waals surface area (Å²) in [5, 5.41) is 78.7. The van der Waals surface area contributed by atoms with Gasteiger partial charge >= 0.3 is 69.9 Å². The predicted molar refractivity (Wildman–Crippen MR) is 348 cm³/mol. The van der Waals surface area contributed by atoms with E-state index >= 15 is 0 Å². The number of hydrogen-bond acceptors (Lipinski definition) is 22. The summed E-state index contributed by atoms with van der Waals surface area (Å²) < 4.78 is 66.0. The topological polar surface area (TPSA) is 305 Å². The van der Waals surface area contributed by atoms with Crippen molar-refractivity contribution in [2.45, 2.75) is 80.8 Å². The third-order valence-corrected chi connectivity index (χ3v) is 15.7. The molecule has 0 amide bonds. The molecule has 2 heterocycles. The van der Waals surface area contributed by atoms with Gasteiger partial charge in [0, 0.05) is 118 Å². The Balaban J connectivity index is 0.000000829. The molecule has 0 bridgehead atoms. The van der Waals surface area contributed by atoms with Crippen LogP contribution < -0.4 is 77.7 Å². The van der Waals surface area contributed by atoms with E-state index in [0.717, 1.165) is 33.4 Å². The zero-order valence-electron chi connectivity index (χ0n) is 57.1. The molecule has 0 aliphatic carbocycles. The first-order valence-corrected chi connectivity index (χ1v) is 33.7. The van der Waals surface area contributed by atoms with Gasteiger partial charge in [0.15, 0.2) is 0 Å². The Kier molecular flexibility index (Phi) is 44.0. The Hall–Kier alpha value is -3.81. The second-order valence-electron chi connectivity index (χ2n) is 23.0. The molecule has 0 N–H and O–H groups in total. The molecule has 6 aromatic carbocycles. The van der Waals surface area contributed by atoms with E-state index < -0.39 is 10.2 Å². The minimum Gasteiger partial charge on any atom is -0.870 e. The van der Waals surface area contributed by atoms with Crippen LogP contribution in [-0.2, 0) is 72.3 Å². The van der Waals surface area contributed by atoms with Crippen LogP contribution in [0, 0.1) is 88.7 Å². The second kappa shape index (κ2) is 46.7. The molecule has 98 heavy (non-hydrogen) atoms. The number of methoxy groups -OCH3 is 6. The van der Waals surface area contributed by atoms with Crippen molar-refractivity contribution >= 4 is 46.4 Å². The molecule has 554 valence electrons. The Labute approximate surface area is 649 Å². The SMILES string of the molecule is COc1cc(C)cc(CN2CCN(Cc3cc(C)cc(OC)c3[O-])CCN(Cc3cc(C)cc(OC)c3[O-])CC2)c1[O-].COc1cc(C)cc(CN2CCN(Cc3cc(C)cc(OC)c3[O-])CCN(Cc3cc(C)cc(OC)c3[O-])CC2)c1[O-].ClCCl.ClCCl.[Ni+2].[Ni+2].[O-][Cl+3]([O-])([O-])[O-].[Tm+3]. The average molecular weight is 1710 g/mol. The molecule has 0 atom stereocenters. The summed E-state index contributed by atoms with van der Waals surface area (Å²) in [4.78, 5) is 13.6. The fourth-order valence-electron chi connectivity index (χ4n) is 11.3. The van der Waals surface area contributed by atoms with Gasteiger partial charge in [-0.1, -0.05) is 70.9 Å². The molecule has 30 heteroatoms. The number of benzene rings is 6. The van der Waals surface area contributed by atoms with Crippen LogP contribution >= 0.6 is 46.4 Å². The summed E-state index contributed by atoms with van der Waals surface area (Å²) in [7, 11) is 4.17. The number of rotatable bonds is 18. The largest absolute Gasteiger partial charge is 3.00 e. The average Bonchev–Trinajstić information content (AvgIpc) is 1.54. The molecule has 0 radical (unpaired) electrons. The third kappa shape index (κ3) is 30.6. The van der Waals surface area contributed by atoms with Crippen LogP contribution in [0.1, 0.15) is 66.8 Å². The van der Waals surface area contributed by atoms with Crippen LogP contribution in [0.2, 0.25) is 0 Å². The van der Waals surface area contributed by atoms with Crippen molar-refractivity contribution < 1.29 is 158 Å². The number of nitrogens with zero attached hydrogens (tertiary/aromatic N) is 6. The molecule has 0 unspecified atom stereocenters. The predicted octanol–water partition coefficient (Wildman–Crippen LogP) is 3.44.